The van der Waals surface area contributed by atoms with E-state index < -0.39 is 10.6 Å². The summed E-state index contributed by atoms with van der Waals surface area (Å²) in [6, 6.07) is -1.33. The summed E-state index contributed by atoms with van der Waals surface area (Å²) < 4.78 is 34.8. The van der Waals surface area contributed by atoms with E-state index in [1.54, 1.807) is 0 Å². The third-order valence-corrected chi connectivity index (χ3v) is 1.72. The zero-order valence-corrected chi connectivity index (χ0v) is 7.16. The van der Waals surface area contributed by atoms with Crippen LogP contribution in [0.1, 0.15) is 0 Å². The van der Waals surface area contributed by atoms with Crippen LogP contribution in [0.25, 0.3) is 0 Å². The van der Waals surface area contributed by atoms with Crippen LogP contribution < -0.4 is 0 Å². The topological polar surface area (TPSA) is 4.93 Å². The number of aromatic nitrogens is 1. The minimum absolute atomic E-state index is 0.299. The van der Waals surface area contributed by atoms with Crippen molar-refractivity contribution in [1.29, 1.82) is 0 Å². The van der Waals surface area contributed by atoms with Crippen molar-refractivity contribution in [1.82, 2.24) is 4.57 Å². The molecule has 68 valence electrons. The fraction of sp³-hybridized carbons (Fsp3) is 0.333. The number of halogens is 5. The molecule has 0 radical (unpaired) electrons. The maximum absolute atomic E-state index is 12.8. The van der Waals surface area contributed by atoms with Crippen LogP contribution in [0.2, 0.25) is 0 Å². The Balaban J connectivity index is 3.02. The van der Waals surface area contributed by atoms with Crippen LogP contribution in [-0.4, -0.2) is 9.15 Å². The average molecular weight is 218 g/mol. The van der Waals surface area contributed by atoms with Gasteiger partial charge in [0, 0.05) is 12.4 Å². The molecule has 1 rings (SSSR count). The first-order valence-electron chi connectivity index (χ1n) is 2.93. The van der Waals surface area contributed by atoms with Crippen molar-refractivity contribution in [3.63, 3.8) is 0 Å². The van der Waals surface area contributed by atoms with Gasteiger partial charge in [-0.15, -0.1) is 0 Å². The molecule has 0 aromatic carbocycles. The summed E-state index contributed by atoms with van der Waals surface area (Å²) in [7, 11) is 0. The van der Waals surface area contributed by atoms with E-state index in [0.717, 1.165) is 12.4 Å². The second-order valence-corrected chi connectivity index (χ2v) is 3.36. The Labute approximate surface area is 76.7 Å². The summed E-state index contributed by atoms with van der Waals surface area (Å²) >= 11 is 9.29. The first-order chi connectivity index (χ1) is 5.36. The van der Waals surface area contributed by atoms with E-state index in [0.29, 0.717) is 4.57 Å². The van der Waals surface area contributed by atoms with E-state index in [1.807, 2.05) is 0 Å². The van der Waals surface area contributed by atoms with E-state index in [2.05, 4.69) is 23.2 Å². The van der Waals surface area contributed by atoms with Crippen molar-refractivity contribution >= 4 is 23.2 Å². The lowest BCUT2D eigenvalue weighted by Gasteiger charge is -2.23. The first kappa shape index (κ1) is 9.74. The van der Waals surface area contributed by atoms with E-state index in [-0.39, 0.29) is 0 Å². The van der Waals surface area contributed by atoms with E-state index in [4.69, 9.17) is 0 Å². The van der Waals surface area contributed by atoms with Gasteiger partial charge in [0.25, 0.3) is 0 Å². The standard InChI is InChI=1S/C6H4Cl2F3N/c7-5(8,9)6(10,11)12-3-1-2-4-12/h1-4H. The van der Waals surface area contributed by atoms with Crippen molar-refractivity contribution in [2.45, 2.75) is 10.6 Å². The van der Waals surface area contributed by atoms with Crippen molar-refractivity contribution in [3.05, 3.63) is 24.5 Å². The molecule has 0 bridgehead atoms. The molecule has 1 heterocycles. The fourth-order valence-corrected chi connectivity index (χ4v) is 0.863. The van der Waals surface area contributed by atoms with Gasteiger partial charge in [-0.2, -0.15) is 13.2 Å². The molecular formula is C6H4Cl2F3N. The molecule has 0 aliphatic heterocycles. The van der Waals surface area contributed by atoms with Gasteiger partial charge in [0.2, 0.25) is 0 Å². The van der Waals surface area contributed by atoms with Crippen LogP contribution in [-0.2, 0) is 6.05 Å². The molecule has 0 amide bonds. The molecule has 1 nitrogen and oxygen atoms in total. The van der Waals surface area contributed by atoms with Crippen LogP contribution in [0, 0.1) is 0 Å². The Morgan fingerprint density at radius 3 is 1.75 bits per heavy atom. The smallest absolute Gasteiger partial charge is 0.291 e. The Morgan fingerprint density at radius 1 is 1.00 bits per heavy atom. The molecule has 0 fully saturated rings. The summed E-state index contributed by atoms with van der Waals surface area (Å²) in [4.78, 5) is 0. The Morgan fingerprint density at radius 2 is 1.42 bits per heavy atom. The molecule has 0 saturated carbocycles. The largest absolute Gasteiger partial charge is 0.391 e. The lowest BCUT2D eigenvalue weighted by molar-refractivity contribution is -0.132. The number of nitrogens with zero attached hydrogens (tertiary/aromatic N) is 1. The Hall–Kier alpha value is -0.350. The normalized spacial score (nSPS) is 13.4. The van der Waals surface area contributed by atoms with Gasteiger partial charge in [0.05, 0.1) is 0 Å². The molecule has 0 spiro atoms. The predicted octanol–water partition coefficient (Wildman–Crippen LogP) is 3.14. The van der Waals surface area contributed by atoms with Crippen molar-refractivity contribution in [2.24, 2.45) is 0 Å². The molecule has 1 aromatic heterocycles. The molecule has 6 heteroatoms. The van der Waals surface area contributed by atoms with Crippen LogP contribution in [0.3, 0.4) is 0 Å². The van der Waals surface area contributed by atoms with Gasteiger partial charge < -0.3 is 0 Å². The van der Waals surface area contributed by atoms with Crippen LogP contribution >= 0.6 is 23.2 Å². The average Bonchev–Trinajstić information content (AvgIpc) is 2.34. The minimum Gasteiger partial charge on any atom is -0.291 e. The Bertz CT molecular complexity index is 252. The van der Waals surface area contributed by atoms with Gasteiger partial charge in [-0.25, -0.2) is 0 Å². The second-order valence-electron chi connectivity index (χ2n) is 2.13. The minimum atomic E-state index is -3.96. The monoisotopic (exact) mass is 217 g/mol. The number of hydrogen-bond donors (Lipinski definition) is 0. The van der Waals surface area contributed by atoms with Crippen LogP contribution in [0.4, 0.5) is 13.2 Å². The molecule has 1 aromatic rings. The van der Waals surface area contributed by atoms with Gasteiger partial charge >= 0.3 is 10.6 Å². The third-order valence-electron chi connectivity index (χ3n) is 1.27. The zero-order valence-electron chi connectivity index (χ0n) is 5.65. The van der Waals surface area contributed by atoms with Crippen LogP contribution in [0.15, 0.2) is 24.5 Å². The maximum Gasteiger partial charge on any atom is 0.391 e. The molecule has 0 aliphatic rings. The SMILES string of the molecule is FC(Cl)(Cl)C(F)(F)n1cccc1. The van der Waals surface area contributed by atoms with Crippen molar-refractivity contribution in [2.75, 3.05) is 0 Å². The second kappa shape index (κ2) is 2.85. The highest BCUT2D eigenvalue weighted by Gasteiger charge is 2.54. The molecular weight excluding hydrogens is 214 g/mol. The van der Waals surface area contributed by atoms with E-state index >= 15 is 0 Å². The van der Waals surface area contributed by atoms with E-state index in [9.17, 15) is 13.2 Å². The maximum atomic E-state index is 12.8. The number of alkyl halides is 5. The lowest BCUT2D eigenvalue weighted by Crippen LogP contribution is -2.36. The summed E-state index contributed by atoms with van der Waals surface area (Å²) in [6.45, 7) is 0. The van der Waals surface area contributed by atoms with Crippen LogP contribution in [0.5, 0.6) is 0 Å². The molecule has 0 atom stereocenters. The van der Waals surface area contributed by atoms with Gasteiger partial charge in [-0.1, -0.05) is 23.2 Å². The number of rotatable bonds is 2. The van der Waals surface area contributed by atoms with E-state index in [1.165, 1.54) is 12.1 Å². The molecule has 0 saturated heterocycles. The molecule has 0 N–H and O–H groups in total. The highest BCUT2D eigenvalue weighted by Crippen LogP contribution is 2.43. The third kappa shape index (κ3) is 1.54. The summed E-state index contributed by atoms with van der Waals surface area (Å²) in [5, 5.41) is 0. The van der Waals surface area contributed by atoms with Gasteiger partial charge in [0.1, 0.15) is 0 Å². The summed E-state index contributed by atoms with van der Waals surface area (Å²) in [5.41, 5.74) is 0. The fourth-order valence-electron chi connectivity index (χ4n) is 0.668. The van der Waals surface area contributed by atoms with Gasteiger partial charge in [-0.3, -0.25) is 4.57 Å². The quantitative estimate of drug-likeness (QED) is 0.672. The molecule has 0 aliphatic carbocycles. The number of hydrogen-bond acceptors (Lipinski definition) is 0. The highest BCUT2D eigenvalue weighted by molar-refractivity contribution is 6.47. The summed E-state index contributed by atoms with van der Waals surface area (Å²) in [6.07, 6.45) is 1.94. The zero-order chi connectivity index (χ0) is 9.41. The van der Waals surface area contributed by atoms with Crippen molar-refractivity contribution < 1.29 is 13.2 Å². The molecule has 12 heavy (non-hydrogen) atoms. The predicted molar refractivity (Wildman–Crippen MR) is 40.2 cm³/mol. The lowest BCUT2D eigenvalue weighted by atomic mass is 10.6. The summed E-state index contributed by atoms with van der Waals surface area (Å²) in [5.74, 6) is 0. The Kier molecular flexibility index (Phi) is 2.31. The first-order valence-corrected chi connectivity index (χ1v) is 3.69. The highest BCUT2D eigenvalue weighted by atomic mass is 35.5. The molecule has 0 unspecified atom stereocenters. The van der Waals surface area contributed by atoms with Crippen molar-refractivity contribution in [3.8, 4) is 0 Å². The van der Waals surface area contributed by atoms with Gasteiger partial charge in [-0.05, 0) is 12.1 Å². The van der Waals surface area contributed by atoms with Gasteiger partial charge in [0.15, 0.2) is 0 Å².